The molecule has 0 atom stereocenters. The molecule has 0 saturated carbocycles. The van der Waals surface area contributed by atoms with E-state index in [4.69, 9.17) is 0 Å². The van der Waals surface area contributed by atoms with E-state index in [1.807, 2.05) is 0 Å². The topological polar surface area (TPSA) is 104 Å². The van der Waals surface area contributed by atoms with Gasteiger partial charge in [0.25, 0.3) is 0 Å². The van der Waals surface area contributed by atoms with Crippen molar-refractivity contribution in [3.05, 3.63) is 90.2 Å². The van der Waals surface area contributed by atoms with Crippen molar-refractivity contribution in [2.24, 2.45) is 0 Å². The second kappa shape index (κ2) is 10.9. The first-order chi connectivity index (χ1) is 17.2. The third-order valence-electron chi connectivity index (χ3n) is 5.81. The van der Waals surface area contributed by atoms with Crippen molar-refractivity contribution in [3.8, 4) is 0 Å². The van der Waals surface area contributed by atoms with E-state index in [0.29, 0.717) is 24.3 Å². The van der Waals surface area contributed by atoms with E-state index in [1.165, 1.54) is 52.8 Å². The molecule has 1 aliphatic rings. The lowest BCUT2D eigenvalue weighted by Crippen LogP contribution is -2.37. The number of amides is 1. The zero-order valence-corrected chi connectivity index (χ0v) is 21.0. The highest BCUT2D eigenvalue weighted by molar-refractivity contribution is 7.89. The van der Waals surface area contributed by atoms with Gasteiger partial charge in [-0.05, 0) is 66.9 Å². The van der Waals surface area contributed by atoms with Gasteiger partial charge < -0.3 is 5.32 Å². The van der Waals surface area contributed by atoms with Gasteiger partial charge in [-0.3, -0.25) is 4.79 Å². The molecule has 0 spiro atoms. The van der Waals surface area contributed by atoms with Crippen LogP contribution in [-0.4, -0.2) is 51.0 Å². The SMILES string of the molecule is O=C(CN(Cc1ccc(F)cc1)S(=O)(=O)c1ccc(S(=O)(=O)N2CCCC2)cc1)Nc1ccccc1. The van der Waals surface area contributed by atoms with Crippen molar-refractivity contribution in [1.29, 1.82) is 0 Å². The molecule has 0 bridgehead atoms. The smallest absolute Gasteiger partial charge is 0.243 e. The quantitative estimate of drug-likeness (QED) is 0.456. The number of para-hydroxylation sites is 1. The van der Waals surface area contributed by atoms with Gasteiger partial charge in [-0.2, -0.15) is 8.61 Å². The molecular formula is C25H26FN3O5S2. The monoisotopic (exact) mass is 531 g/mol. The van der Waals surface area contributed by atoms with Gasteiger partial charge in [0.15, 0.2) is 0 Å². The van der Waals surface area contributed by atoms with E-state index in [9.17, 15) is 26.0 Å². The molecule has 8 nitrogen and oxygen atoms in total. The lowest BCUT2D eigenvalue weighted by Gasteiger charge is -2.22. The van der Waals surface area contributed by atoms with Crippen LogP contribution in [0, 0.1) is 5.82 Å². The summed E-state index contributed by atoms with van der Waals surface area (Å²) in [5.41, 5.74) is 0.999. The number of rotatable bonds is 9. The number of carbonyl (C=O) groups excluding carboxylic acids is 1. The van der Waals surface area contributed by atoms with Gasteiger partial charge in [0.2, 0.25) is 26.0 Å². The lowest BCUT2D eigenvalue weighted by molar-refractivity contribution is -0.116. The van der Waals surface area contributed by atoms with Gasteiger partial charge in [0, 0.05) is 25.3 Å². The van der Waals surface area contributed by atoms with Crippen LogP contribution < -0.4 is 5.32 Å². The van der Waals surface area contributed by atoms with Crippen LogP contribution in [0.3, 0.4) is 0 Å². The number of hydrogen-bond acceptors (Lipinski definition) is 5. The molecule has 36 heavy (non-hydrogen) atoms. The molecule has 0 aromatic heterocycles. The second-order valence-electron chi connectivity index (χ2n) is 8.40. The maximum atomic E-state index is 13.5. The zero-order valence-electron chi connectivity index (χ0n) is 19.4. The molecule has 1 heterocycles. The Kier molecular flexibility index (Phi) is 7.84. The van der Waals surface area contributed by atoms with Crippen LogP contribution in [0.4, 0.5) is 10.1 Å². The van der Waals surface area contributed by atoms with Crippen molar-refractivity contribution in [1.82, 2.24) is 8.61 Å². The van der Waals surface area contributed by atoms with Crippen molar-refractivity contribution in [3.63, 3.8) is 0 Å². The summed E-state index contributed by atoms with van der Waals surface area (Å²) < 4.78 is 68.4. The van der Waals surface area contributed by atoms with E-state index >= 15 is 0 Å². The minimum atomic E-state index is -4.21. The Morgan fingerprint density at radius 1 is 0.833 bits per heavy atom. The summed E-state index contributed by atoms with van der Waals surface area (Å²) in [6.07, 6.45) is 1.57. The fourth-order valence-corrected chi connectivity index (χ4v) is 6.81. The molecule has 190 valence electrons. The molecule has 1 saturated heterocycles. The molecule has 4 rings (SSSR count). The highest BCUT2D eigenvalue weighted by atomic mass is 32.2. The second-order valence-corrected chi connectivity index (χ2v) is 12.3. The van der Waals surface area contributed by atoms with Gasteiger partial charge in [-0.25, -0.2) is 21.2 Å². The summed E-state index contributed by atoms with van der Waals surface area (Å²) in [4.78, 5) is 12.6. The normalized spacial score (nSPS) is 14.7. The standard InChI is InChI=1S/C25H26FN3O5S2/c26-21-10-8-20(9-11-21)18-29(19-25(30)27-22-6-2-1-3-7-22)36(33,34)24-14-12-23(13-15-24)35(31,32)28-16-4-5-17-28/h1-3,6-15H,4-5,16-19H2,(H,27,30). The van der Waals surface area contributed by atoms with E-state index in [-0.39, 0.29) is 16.3 Å². The van der Waals surface area contributed by atoms with E-state index in [2.05, 4.69) is 5.32 Å². The molecule has 1 amide bonds. The molecule has 1 N–H and O–H groups in total. The first kappa shape index (κ1) is 26.0. The molecule has 1 aliphatic heterocycles. The van der Waals surface area contributed by atoms with Crippen LogP contribution >= 0.6 is 0 Å². The minimum Gasteiger partial charge on any atom is -0.325 e. The van der Waals surface area contributed by atoms with E-state index < -0.39 is 38.3 Å². The van der Waals surface area contributed by atoms with Crippen LogP contribution in [0.25, 0.3) is 0 Å². The van der Waals surface area contributed by atoms with Crippen molar-refractivity contribution in [2.75, 3.05) is 25.0 Å². The molecule has 0 radical (unpaired) electrons. The number of benzene rings is 3. The predicted octanol–water partition coefficient (Wildman–Crippen LogP) is 3.44. The van der Waals surface area contributed by atoms with Crippen molar-refractivity contribution < 1.29 is 26.0 Å². The van der Waals surface area contributed by atoms with E-state index in [1.54, 1.807) is 30.3 Å². The maximum Gasteiger partial charge on any atom is 0.243 e. The molecule has 1 fully saturated rings. The van der Waals surface area contributed by atoms with Gasteiger partial charge >= 0.3 is 0 Å². The molecular weight excluding hydrogens is 505 g/mol. The Balaban J connectivity index is 1.60. The first-order valence-electron chi connectivity index (χ1n) is 11.4. The highest BCUT2D eigenvalue weighted by Crippen LogP contribution is 2.24. The van der Waals surface area contributed by atoms with Crippen molar-refractivity contribution >= 4 is 31.6 Å². The number of halogens is 1. The summed E-state index contributed by atoms with van der Waals surface area (Å²) in [5.74, 6) is -1.02. The number of carbonyl (C=O) groups is 1. The highest BCUT2D eigenvalue weighted by Gasteiger charge is 2.30. The fourth-order valence-electron chi connectivity index (χ4n) is 3.91. The molecule has 3 aromatic rings. The molecule has 0 unspecified atom stereocenters. The Labute approximate surface area is 210 Å². The minimum absolute atomic E-state index is 0.00950. The zero-order chi connectivity index (χ0) is 25.8. The Morgan fingerprint density at radius 3 is 2.03 bits per heavy atom. The average Bonchev–Trinajstić information content (AvgIpc) is 3.42. The Morgan fingerprint density at radius 2 is 1.42 bits per heavy atom. The Bertz CT molecular complexity index is 1410. The average molecular weight is 532 g/mol. The van der Waals surface area contributed by atoms with Crippen LogP contribution in [0.1, 0.15) is 18.4 Å². The first-order valence-corrected chi connectivity index (χ1v) is 14.2. The summed E-state index contributed by atoms with van der Waals surface area (Å²) >= 11 is 0. The number of nitrogens with one attached hydrogen (secondary N) is 1. The number of nitrogens with zero attached hydrogens (tertiary/aromatic N) is 2. The Hall–Kier alpha value is -3.12. The molecule has 3 aromatic carbocycles. The molecule has 0 aliphatic carbocycles. The van der Waals surface area contributed by atoms with Crippen LogP contribution in [0.15, 0.2) is 88.7 Å². The third-order valence-corrected chi connectivity index (χ3v) is 9.53. The molecule has 11 heteroatoms. The van der Waals surface area contributed by atoms with Gasteiger partial charge in [-0.1, -0.05) is 30.3 Å². The van der Waals surface area contributed by atoms with Gasteiger partial charge in [0.1, 0.15) is 5.82 Å². The van der Waals surface area contributed by atoms with Crippen LogP contribution in [-0.2, 0) is 31.4 Å². The number of hydrogen-bond donors (Lipinski definition) is 1. The van der Waals surface area contributed by atoms with Crippen LogP contribution in [0.5, 0.6) is 0 Å². The fraction of sp³-hybridized carbons (Fsp3) is 0.240. The predicted molar refractivity (Wildman–Crippen MR) is 134 cm³/mol. The van der Waals surface area contributed by atoms with Gasteiger partial charge in [0.05, 0.1) is 16.3 Å². The summed E-state index contributed by atoms with van der Waals surface area (Å²) in [6.45, 7) is 0.190. The number of anilines is 1. The largest absolute Gasteiger partial charge is 0.325 e. The lowest BCUT2D eigenvalue weighted by atomic mass is 10.2. The van der Waals surface area contributed by atoms with Crippen molar-refractivity contribution in [2.45, 2.75) is 29.2 Å². The summed E-state index contributed by atoms with van der Waals surface area (Å²) in [5, 5.41) is 2.66. The maximum absolute atomic E-state index is 13.5. The van der Waals surface area contributed by atoms with E-state index in [0.717, 1.165) is 17.1 Å². The summed E-state index contributed by atoms with van der Waals surface area (Å²) in [6, 6.07) is 18.9. The third kappa shape index (κ3) is 5.98. The summed E-state index contributed by atoms with van der Waals surface area (Å²) in [7, 11) is -7.91. The van der Waals surface area contributed by atoms with Gasteiger partial charge in [-0.15, -0.1) is 0 Å². The van der Waals surface area contributed by atoms with Crippen LogP contribution in [0.2, 0.25) is 0 Å². The number of sulfonamides is 2.